The maximum atomic E-state index is 5.55. The van der Waals surface area contributed by atoms with Gasteiger partial charge in [-0.1, -0.05) is 22.0 Å². The highest BCUT2D eigenvalue weighted by molar-refractivity contribution is 9.10. The molecule has 0 aliphatic carbocycles. The molecule has 1 rings (SSSR count). The van der Waals surface area contributed by atoms with E-state index in [1.54, 1.807) is 0 Å². The van der Waals surface area contributed by atoms with Crippen molar-refractivity contribution in [1.29, 1.82) is 0 Å². The molecule has 1 aromatic rings. The summed E-state index contributed by atoms with van der Waals surface area (Å²) in [5.74, 6) is 0. The molecule has 14 heavy (non-hydrogen) atoms. The predicted octanol–water partition coefficient (Wildman–Crippen LogP) is 3.46. The molecule has 0 atom stereocenters. The average Bonchev–Trinajstić information content (AvgIpc) is 2.17. The number of hydrogen-bond acceptors (Lipinski definition) is 2. The molecule has 0 aromatic heterocycles. The first kappa shape index (κ1) is 12.1. The Morgan fingerprint density at radius 2 is 1.86 bits per heavy atom. The second-order valence-electron chi connectivity index (χ2n) is 2.57. The van der Waals surface area contributed by atoms with E-state index in [0.717, 1.165) is 9.78 Å². The molecule has 0 amide bonds. The normalized spacial score (nSPS) is 10.9. The van der Waals surface area contributed by atoms with Crippen molar-refractivity contribution in [2.24, 2.45) is 0 Å². The highest BCUT2D eigenvalue weighted by atomic mass is 79.9. The first-order valence-corrected chi connectivity index (χ1v) is 6.56. The molecule has 1 aromatic carbocycles. The Morgan fingerprint density at radius 1 is 1.21 bits per heavy atom. The molecule has 2 nitrogen and oxygen atoms in total. The summed E-state index contributed by atoms with van der Waals surface area (Å²) in [7, 11) is -0.902. The van der Waals surface area contributed by atoms with E-state index in [4.69, 9.17) is 9.05 Å². The zero-order valence-electron chi connectivity index (χ0n) is 8.37. The Balaban J connectivity index is 2.75. The van der Waals surface area contributed by atoms with E-state index in [1.165, 1.54) is 0 Å². The number of hydrogen-bond donors (Lipinski definition) is 0. The molecule has 4 heteroatoms. The highest BCUT2D eigenvalue weighted by Gasteiger charge is 2.12. The van der Waals surface area contributed by atoms with E-state index >= 15 is 0 Å². The van der Waals surface area contributed by atoms with Crippen LogP contribution in [-0.4, -0.2) is 13.2 Å². The lowest BCUT2D eigenvalue weighted by atomic mass is 10.4. The Kier molecular flexibility index (Phi) is 5.64. The van der Waals surface area contributed by atoms with Gasteiger partial charge in [-0.15, -0.1) is 0 Å². The van der Waals surface area contributed by atoms with Crippen molar-refractivity contribution in [2.45, 2.75) is 13.8 Å². The first-order chi connectivity index (χ1) is 6.77. The van der Waals surface area contributed by atoms with Gasteiger partial charge in [-0.2, -0.15) is 0 Å². The van der Waals surface area contributed by atoms with E-state index < -0.39 is 8.38 Å². The Hall–Kier alpha value is 0.0500. The molecule has 0 fully saturated rings. The van der Waals surface area contributed by atoms with Crippen molar-refractivity contribution in [3.05, 3.63) is 28.7 Å². The maximum Gasteiger partial charge on any atom is 0.205 e. The summed E-state index contributed by atoms with van der Waals surface area (Å²) in [5.41, 5.74) is 0. The Bertz CT molecular complexity index is 275. The van der Waals surface area contributed by atoms with Gasteiger partial charge in [-0.05, 0) is 32.0 Å². The van der Waals surface area contributed by atoms with Gasteiger partial charge < -0.3 is 9.05 Å². The van der Waals surface area contributed by atoms with Crippen molar-refractivity contribution in [2.75, 3.05) is 13.2 Å². The van der Waals surface area contributed by atoms with Gasteiger partial charge in [0.15, 0.2) is 0 Å². The van der Waals surface area contributed by atoms with E-state index in [-0.39, 0.29) is 0 Å². The zero-order valence-corrected chi connectivity index (χ0v) is 10.8. The molecule has 0 aliphatic heterocycles. The summed E-state index contributed by atoms with van der Waals surface area (Å²) in [6.45, 7) is 5.31. The molecule has 0 radical (unpaired) electrons. The van der Waals surface area contributed by atoms with Crippen LogP contribution < -0.4 is 5.30 Å². The molecule has 0 bridgehead atoms. The molecular formula is C10H14BrO2P. The van der Waals surface area contributed by atoms with E-state index in [0.29, 0.717) is 13.2 Å². The topological polar surface area (TPSA) is 18.5 Å². The number of halogens is 1. The van der Waals surface area contributed by atoms with Crippen LogP contribution >= 0.6 is 24.3 Å². The van der Waals surface area contributed by atoms with Gasteiger partial charge in [0.05, 0.1) is 13.2 Å². The van der Waals surface area contributed by atoms with E-state index in [9.17, 15) is 0 Å². The average molecular weight is 277 g/mol. The van der Waals surface area contributed by atoms with Crippen molar-refractivity contribution < 1.29 is 9.05 Å². The molecule has 0 spiro atoms. The fourth-order valence-corrected chi connectivity index (χ4v) is 2.88. The lowest BCUT2D eigenvalue weighted by Crippen LogP contribution is -2.05. The molecule has 0 heterocycles. The summed E-state index contributed by atoms with van der Waals surface area (Å²) < 4.78 is 12.1. The van der Waals surface area contributed by atoms with Crippen molar-refractivity contribution in [3.8, 4) is 0 Å². The van der Waals surface area contributed by atoms with Crippen LogP contribution in [0.5, 0.6) is 0 Å². The molecule has 0 aliphatic rings. The lowest BCUT2D eigenvalue weighted by Gasteiger charge is -2.15. The molecule has 0 N–H and O–H groups in total. The standard InChI is InChI=1S/C10H14BrO2P/c1-3-12-14(13-4-2)10-7-5-6-9(11)8-10/h5-8H,3-4H2,1-2H3. The van der Waals surface area contributed by atoms with E-state index in [2.05, 4.69) is 15.9 Å². The van der Waals surface area contributed by atoms with E-state index in [1.807, 2.05) is 38.1 Å². The largest absolute Gasteiger partial charge is 0.331 e. The van der Waals surface area contributed by atoms with Crippen LogP contribution in [0.3, 0.4) is 0 Å². The minimum absolute atomic E-state index is 0.679. The molecule has 0 saturated carbocycles. The van der Waals surface area contributed by atoms with Gasteiger partial charge >= 0.3 is 0 Å². The molecule has 0 unspecified atom stereocenters. The summed E-state index contributed by atoms with van der Waals surface area (Å²) in [6.07, 6.45) is 0. The minimum atomic E-state index is -0.902. The summed E-state index contributed by atoms with van der Waals surface area (Å²) in [5, 5.41) is 1.11. The fraction of sp³-hybridized carbons (Fsp3) is 0.400. The van der Waals surface area contributed by atoms with Gasteiger partial charge in [0, 0.05) is 9.78 Å². The molecular weight excluding hydrogens is 263 g/mol. The third-order valence-electron chi connectivity index (χ3n) is 1.51. The van der Waals surface area contributed by atoms with Crippen LogP contribution in [0.4, 0.5) is 0 Å². The van der Waals surface area contributed by atoms with Gasteiger partial charge in [0.1, 0.15) is 0 Å². The number of rotatable bonds is 5. The fourth-order valence-electron chi connectivity index (χ4n) is 1.01. The van der Waals surface area contributed by atoms with Crippen LogP contribution in [0, 0.1) is 0 Å². The second kappa shape index (κ2) is 6.52. The van der Waals surface area contributed by atoms with Crippen LogP contribution in [-0.2, 0) is 9.05 Å². The first-order valence-electron chi connectivity index (χ1n) is 4.59. The summed E-state index contributed by atoms with van der Waals surface area (Å²) >= 11 is 3.43. The van der Waals surface area contributed by atoms with Crippen molar-refractivity contribution in [1.82, 2.24) is 0 Å². The van der Waals surface area contributed by atoms with Crippen LogP contribution in [0.2, 0.25) is 0 Å². The Labute approximate surface area is 94.7 Å². The third kappa shape index (κ3) is 3.66. The monoisotopic (exact) mass is 276 g/mol. The van der Waals surface area contributed by atoms with Crippen LogP contribution in [0.15, 0.2) is 28.7 Å². The highest BCUT2D eigenvalue weighted by Crippen LogP contribution is 2.37. The van der Waals surface area contributed by atoms with Gasteiger partial charge in [0.25, 0.3) is 0 Å². The maximum absolute atomic E-state index is 5.55. The zero-order chi connectivity index (χ0) is 10.4. The smallest absolute Gasteiger partial charge is 0.205 e. The lowest BCUT2D eigenvalue weighted by molar-refractivity contribution is 0.277. The summed E-state index contributed by atoms with van der Waals surface area (Å²) in [6, 6.07) is 8.06. The SMILES string of the molecule is CCOP(OCC)c1cccc(Br)c1. The molecule has 0 saturated heterocycles. The third-order valence-corrected chi connectivity index (χ3v) is 3.69. The minimum Gasteiger partial charge on any atom is -0.331 e. The van der Waals surface area contributed by atoms with Crippen LogP contribution in [0.25, 0.3) is 0 Å². The van der Waals surface area contributed by atoms with Crippen molar-refractivity contribution >= 4 is 29.6 Å². The predicted molar refractivity (Wildman–Crippen MR) is 63.9 cm³/mol. The molecule has 78 valence electrons. The summed E-state index contributed by atoms with van der Waals surface area (Å²) in [4.78, 5) is 0. The van der Waals surface area contributed by atoms with Crippen LogP contribution in [0.1, 0.15) is 13.8 Å². The number of benzene rings is 1. The van der Waals surface area contributed by atoms with Gasteiger partial charge in [-0.25, -0.2) is 0 Å². The quantitative estimate of drug-likeness (QED) is 0.767. The second-order valence-corrected chi connectivity index (χ2v) is 5.04. The van der Waals surface area contributed by atoms with Crippen molar-refractivity contribution in [3.63, 3.8) is 0 Å². The van der Waals surface area contributed by atoms with Gasteiger partial charge in [0.2, 0.25) is 8.38 Å². The Morgan fingerprint density at radius 3 is 2.36 bits per heavy atom. The van der Waals surface area contributed by atoms with Gasteiger partial charge in [-0.3, -0.25) is 0 Å².